The van der Waals surface area contributed by atoms with Gasteiger partial charge in [-0.2, -0.15) is 5.10 Å². The lowest BCUT2D eigenvalue weighted by Gasteiger charge is -2.12. The van der Waals surface area contributed by atoms with Crippen LogP contribution in [0.25, 0.3) is 10.8 Å². The minimum Gasteiger partial charge on any atom is -0.451 e. The number of fused-ring (bicyclic) bond motifs is 1. The maximum absolute atomic E-state index is 12.5. The fraction of sp³-hybridized carbons (Fsp3) is 0.238. The number of carbonyl (C=O) groups excluding carboxylic acids is 2. The molecule has 0 atom stereocenters. The van der Waals surface area contributed by atoms with Gasteiger partial charge in [0.25, 0.3) is 11.5 Å². The first-order chi connectivity index (χ1) is 13.4. The summed E-state index contributed by atoms with van der Waals surface area (Å²) in [6.45, 7) is 5.40. The lowest BCUT2D eigenvalue weighted by atomic mass is 10.1. The van der Waals surface area contributed by atoms with Gasteiger partial charge in [0, 0.05) is 17.6 Å². The van der Waals surface area contributed by atoms with Gasteiger partial charge in [0.05, 0.1) is 5.39 Å². The van der Waals surface area contributed by atoms with Gasteiger partial charge < -0.3 is 10.1 Å². The molecule has 0 aliphatic heterocycles. The topological polar surface area (TPSA) is 90.3 Å². The number of anilines is 1. The third-order valence-electron chi connectivity index (χ3n) is 4.44. The number of esters is 1. The van der Waals surface area contributed by atoms with Crippen molar-refractivity contribution in [2.45, 2.75) is 27.3 Å². The second-order valence-electron chi connectivity index (χ2n) is 6.41. The van der Waals surface area contributed by atoms with Crippen molar-refractivity contribution < 1.29 is 14.3 Å². The number of nitrogens with one attached hydrogen (secondary N) is 1. The number of hydrogen-bond donors (Lipinski definition) is 1. The van der Waals surface area contributed by atoms with Crippen LogP contribution in [-0.4, -0.2) is 28.3 Å². The third-order valence-corrected chi connectivity index (χ3v) is 4.44. The van der Waals surface area contributed by atoms with E-state index < -0.39 is 18.5 Å². The molecule has 1 heterocycles. The van der Waals surface area contributed by atoms with Crippen molar-refractivity contribution in [2.75, 3.05) is 11.9 Å². The van der Waals surface area contributed by atoms with Crippen LogP contribution in [0.2, 0.25) is 0 Å². The second-order valence-corrected chi connectivity index (χ2v) is 6.41. The smallest absolute Gasteiger partial charge is 0.359 e. The van der Waals surface area contributed by atoms with Gasteiger partial charge in [0.15, 0.2) is 12.3 Å². The molecular weight excluding hydrogens is 358 g/mol. The molecule has 1 amide bonds. The summed E-state index contributed by atoms with van der Waals surface area (Å²) in [6.07, 6.45) is 0. The average molecular weight is 379 g/mol. The highest BCUT2D eigenvalue weighted by Crippen LogP contribution is 2.19. The Hall–Kier alpha value is -3.48. The zero-order chi connectivity index (χ0) is 20.3. The Kier molecular flexibility index (Phi) is 5.54. The molecule has 0 fully saturated rings. The fourth-order valence-electron chi connectivity index (χ4n) is 2.99. The molecule has 3 rings (SSSR count). The molecule has 2 aromatic carbocycles. The first-order valence-electron chi connectivity index (χ1n) is 8.95. The highest BCUT2D eigenvalue weighted by Gasteiger charge is 2.19. The van der Waals surface area contributed by atoms with Crippen LogP contribution in [0.3, 0.4) is 0 Å². The number of nitrogens with zero attached hydrogens (tertiary/aromatic N) is 2. The Morgan fingerprint density at radius 3 is 2.32 bits per heavy atom. The predicted octanol–water partition coefficient (Wildman–Crippen LogP) is 2.83. The molecule has 7 nitrogen and oxygen atoms in total. The first-order valence-corrected chi connectivity index (χ1v) is 8.95. The summed E-state index contributed by atoms with van der Waals surface area (Å²) in [7, 11) is 0. The quantitative estimate of drug-likeness (QED) is 0.689. The van der Waals surface area contributed by atoms with Crippen LogP contribution in [0.1, 0.15) is 28.5 Å². The molecular formula is C21H21N3O4. The number of hydrogen-bond acceptors (Lipinski definition) is 5. The van der Waals surface area contributed by atoms with Crippen LogP contribution in [0.4, 0.5) is 5.69 Å². The maximum atomic E-state index is 12.5. The standard InChI is InChI=1S/C21H21N3O4/c1-4-24-20(26)16-11-6-5-10-15(16)19(23-24)21(27)28-12-17(25)22-18-13(2)8-7-9-14(18)3/h5-11H,4,12H2,1-3H3,(H,22,25). The van der Waals surface area contributed by atoms with Crippen LogP contribution in [0.5, 0.6) is 0 Å². The molecule has 0 bridgehead atoms. The number of amides is 1. The molecule has 0 spiro atoms. The molecule has 0 aliphatic carbocycles. The summed E-state index contributed by atoms with van der Waals surface area (Å²) in [4.78, 5) is 37.1. The van der Waals surface area contributed by atoms with Crippen molar-refractivity contribution in [3.05, 3.63) is 69.6 Å². The van der Waals surface area contributed by atoms with E-state index in [1.165, 1.54) is 4.68 Å². The van der Waals surface area contributed by atoms with Gasteiger partial charge >= 0.3 is 5.97 Å². The van der Waals surface area contributed by atoms with Gasteiger partial charge in [-0.3, -0.25) is 9.59 Å². The minimum atomic E-state index is -0.755. The van der Waals surface area contributed by atoms with Crippen LogP contribution < -0.4 is 10.9 Å². The maximum Gasteiger partial charge on any atom is 0.359 e. The van der Waals surface area contributed by atoms with E-state index in [9.17, 15) is 14.4 Å². The van der Waals surface area contributed by atoms with Crippen molar-refractivity contribution in [1.29, 1.82) is 0 Å². The fourth-order valence-corrected chi connectivity index (χ4v) is 2.99. The Balaban J connectivity index is 1.79. The first kappa shape index (κ1) is 19.3. The normalized spacial score (nSPS) is 10.7. The van der Waals surface area contributed by atoms with Crippen LogP contribution in [0.15, 0.2) is 47.3 Å². The zero-order valence-corrected chi connectivity index (χ0v) is 16.0. The number of para-hydroxylation sites is 1. The summed E-state index contributed by atoms with van der Waals surface area (Å²) in [5, 5.41) is 7.65. The molecule has 28 heavy (non-hydrogen) atoms. The Labute approximate surface area is 161 Å². The highest BCUT2D eigenvalue weighted by atomic mass is 16.5. The van der Waals surface area contributed by atoms with E-state index in [0.717, 1.165) is 11.1 Å². The van der Waals surface area contributed by atoms with E-state index in [0.29, 0.717) is 23.0 Å². The molecule has 1 N–H and O–H groups in total. The Morgan fingerprint density at radius 2 is 1.68 bits per heavy atom. The van der Waals surface area contributed by atoms with E-state index in [-0.39, 0.29) is 11.3 Å². The minimum absolute atomic E-state index is 0.0110. The van der Waals surface area contributed by atoms with Crippen molar-refractivity contribution in [3.63, 3.8) is 0 Å². The zero-order valence-electron chi connectivity index (χ0n) is 16.0. The monoisotopic (exact) mass is 379 g/mol. The van der Waals surface area contributed by atoms with Crippen molar-refractivity contribution in [3.8, 4) is 0 Å². The number of ether oxygens (including phenoxy) is 1. The lowest BCUT2D eigenvalue weighted by molar-refractivity contribution is -0.119. The largest absolute Gasteiger partial charge is 0.451 e. The molecule has 0 unspecified atom stereocenters. The molecule has 0 radical (unpaired) electrons. The number of aromatic nitrogens is 2. The van der Waals surface area contributed by atoms with Gasteiger partial charge in [-0.15, -0.1) is 0 Å². The molecule has 0 saturated heterocycles. The van der Waals surface area contributed by atoms with E-state index >= 15 is 0 Å². The van der Waals surface area contributed by atoms with E-state index in [4.69, 9.17) is 4.74 Å². The second kappa shape index (κ2) is 8.04. The molecule has 0 saturated carbocycles. The van der Waals surface area contributed by atoms with Gasteiger partial charge in [-0.1, -0.05) is 36.4 Å². The summed E-state index contributed by atoms with van der Waals surface area (Å²) in [6, 6.07) is 12.4. The summed E-state index contributed by atoms with van der Waals surface area (Å²) in [5.74, 6) is -1.20. The third kappa shape index (κ3) is 3.78. The number of aryl methyl sites for hydroxylation is 3. The molecule has 3 aromatic rings. The van der Waals surface area contributed by atoms with Gasteiger partial charge in [0.1, 0.15) is 0 Å². The summed E-state index contributed by atoms with van der Waals surface area (Å²) in [5.41, 5.74) is 2.27. The molecule has 144 valence electrons. The molecule has 7 heteroatoms. The molecule has 0 aliphatic rings. The van der Waals surface area contributed by atoms with Crippen molar-refractivity contribution in [2.24, 2.45) is 0 Å². The van der Waals surface area contributed by atoms with Gasteiger partial charge in [-0.25, -0.2) is 9.48 Å². The number of rotatable bonds is 5. The summed E-state index contributed by atoms with van der Waals surface area (Å²) >= 11 is 0. The predicted molar refractivity (Wildman–Crippen MR) is 107 cm³/mol. The Bertz CT molecular complexity index is 1100. The van der Waals surface area contributed by atoms with E-state index in [1.54, 1.807) is 31.2 Å². The number of benzene rings is 2. The van der Waals surface area contributed by atoms with Crippen molar-refractivity contribution >= 4 is 28.3 Å². The van der Waals surface area contributed by atoms with E-state index in [2.05, 4.69) is 10.4 Å². The SMILES string of the molecule is CCn1nc(C(=O)OCC(=O)Nc2c(C)cccc2C)c2ccccc2c1=O. The number of carbonyl (C=O) groups is 2. The summed E-state index contributed by atoms with van der Waals surface area (Å²) < 4.78 is 6.36. The highest BCUT2D eigenvalue weighted by molar-refractivity contribution is 6.03. The van der Waals surface area contributed by atoms with Crippen LogP contribution >= 0.6 is 0 Å². The average Bonchev–Trinajstić information content (AvgIpc) is 2.69. The Morgan fingerprint density at radius 1 is 1.04 bits per heavy atom. The van der Waals surface area contributed by atoms with Crippen molar-refractivity contribution in [1.82, 2.24) is 9.78 Å². The van der Waals surface area contributed by atoms with E-state index in [1.807, 2.05) is 32.0 Å². The molecule has 1 aromatic heterocycles. The lowest BCUT2D eigenvalue weighted by Crippen LogP contribution is -2.27. The van der Waals surface area contributed by atoms with Crippen LogP contribution in [0, 0.1) is 13.8 Å². The van der Waals surface area contributed by atoms with Crippen LogP contribution in [-0.2, 0) is 16.1 Å². The van der Waals surface area contributed by atoms with Gasteiger partial charge in [0.2, 0.25) is 0 Å². The van der Waals surface area contributed by atoms with Gasteiger partial charge in [-0.05, 0) is 38.0 Å².